The van der Waals surface area contributed by atoms with Crippen molar-refractivity contribution in [3.8, 4) is 0 Å². The van der Waals surface area contributed by atoms with Gasteiger partial charge in [-0.25, -0.2) is 9.97 Å². The zero-order valence-corrected chi connectivity index (χ0v) is 12.4. The smallest absolute Gasteiger partial charge is 0.134 e. The Bertz CT molecular complexity index is 447. The van der Waals surface area contributed by atoms with Crippen LogP contribution in [0.2, 0.25) is 0 Å². The molecule has 2 atom stereocenters. The number of anilines is 2. The predicted molar refractivity (Wildman–Crippen MR) is 77.5 cm³/mol. The van der Waals surface area contributed by atoms with Crippen LogP contribution in [0.15, 0.2) is 6.33 Å². The summed E-state index contributed by atoms with van der Waals surface area (Å²) in [6.45, 7) is 9.42. The number of hydrogen-bond donors (Lipinski definition) is 2. The summed E-state index contributed by atoms with van der Waals surface area (Å²) in [5, 5.41) is 6.78. The second-order valence-corrected chi connectivity index (χ2v) is 5.70. The van der Waals surface area contributed by atoms with Gasteiger partial charge >= 0.3 is 0 Å². The summed E-state index contributed by atoms with van der Waals surface area (Å²) < 4.78 is 5.48. The molecule has 0 bridgehead atoms. The van der Waals surface area contributed by atoms with Crippen molar-refractivity contribution in [3.05, 3.63) is 11.9 Å². The average molecular weight is 264 g/mol. The van der Waals surface area contributed by atoms with E-state index >= 15 is 0 Å². The normalized spacial score (nSPS) is 24.7. The Morgan fingerprint density at radius 3 is 2.63 bits per heavy atom. The lowest BCUT2D eigenvalue weighted by Crippen LogP contribution is -2.57. The van der Waals surface area contributed by atoms with E-state index in [2.05, 4.69) is 41.4 Å². The molecule has 5 heteroatoms. The second kappa shape index (κ2) is 5.33. The highest BCUT2D eigenvalue weighted by Crippen LogP contribution is 2.44. The van der Waals surface area contributed by atoms with Crippen LogP contribution in [-0.2, 0) is 4.74 Å². The Balaban J connectivity index is 2.10. The first kappa shape index (κ1) is 14.1. The third-order valence-electron chi connectivity index (χ3n) is 4.20. The van der Waals surface area contributed by atoms with Crippen molar-refractivity contribution in [2.24, 2.45) is 5.41 Å². The van der Waals surface area contributed by atoms with Gasteiger partial charge in [-0.1, -0.05) is 13.8 Å². The highest BCUT2D eigenvalue weighted by Gasteiger charge is 2.48. The SMILES string of the molecule is CCNc1ncnc(NC2CC(OC)C2(C)C)c1C. The molecule has 2 unspecified atom stereocenters. The van der Waals surface area contributed by atoms with Crippen molar-refractivity contribution < 1.29 is 4.74 Å². The van der Waals surface area contributed by atoms with Crippen molar-refractivity contribution in [3.63, 3.8) is 0 Å². The Hall–Kier alpha value is -1.36. The van der Waals surface area contributed by atoms with Crippen LogP contribution in [-0.4, -0.2) is 35.8 Å². The summed E-state index contributed by atoms with van der Waals surface area (Å²) in [4.78, 5) is 8.62. The van der Waals surface area contributed by atoms with E-state index in [9.17, 15) is 0 Å². The summed E-state index contributed by atoms with van der Waals surface area (Å²) in [5.41, 5.74) is 1.20. The quantitative estimate of drug-likeness (QED) is 0.855. The average Bonchev–Trinajstić information content (AvgIpc) is 2.38. The maximum absolute atomic E-state index is 5.48. The standard InChI is InChI=1S/C14H24N4O/c1-6-15-12-9(2)13(17-8-16-12)18-10-7-11(19-5)14(10,3)4/h8,10-11H,6-7H2,1-5H3,(H2,15,16,17,18). The van der Waals surface area contributed by atoms with E-state index in [4.69, 9.17) is 4.74 Å². The molecule has 0 radical (unpaired) electrons. The summed E-state index contributed by atoms with van der Waals surface area (Å²) in [5.74, 6) is 1.82. The molecule has 106 valence electrons. The van der Waals surface area contributed by atoms with Gasteiger partial charge in [0.25, 0.3) is 0 Å². The molecule has 1 aromatic heterocycles. The summed E-state index contributed by atoms with van der Waals surface area (Å²) >= 11 is 0. The summed E-state index contributed by atoms with van der Waals surface area (Å²) in [7, 11) is 1.78. The highest BCUT2D eigenvalue weighted by molar-refractivity contribution is 5.57. The first-order valence-electron chi connectivity index (χ1n) is 6.85. The molecule has 5 nitrogen and oxygen atoms in total. The summed E-state index contributed by atoms with van der Waals surface area (Å²) in [6.07, 6.45) is 2.94. The first-order valence-corrected chi connectivity index (χ1v) is 6.85. The number of nitrogens with one attached hydrogen (secondary N) is 2. The number of ether oxygens (including phenoxy) is 1. The zero-order chi connectivity index (χ0) is 14.0. The Morgan fingerprint density at radius 2 is 2.05 bits per heavy atom. The molecule has 0 spiro atoms. The minimum atomic E-state index is 0.129. The van der Waals surface area contributed by atoms with Crippen LogP contribution in [0.1, 0.15) is 32.8 Å². The molecule has 1 saturated carbocycles. The van der Waals surface area contributed by atoms with Crippen LogP contribution in [0.4, 0.5) is 11.6 Å². The van der Waals surface area contributed by atoms with E-state index < -0.39 is 0 Å². The van der Waals surface area contributed by atoms with Crippen LogP contribution in [0.25, 0.3) is 0 Å². The van der Waals surface area contributed by atoms with E-state index in [0.29, 0.717) is 12.1 Å². The maximum Gasteiger partial charge on any atom is 0.134 e. The van der Waals surface area contributed by atoms with Crippen molar-refractivity contribution in [1.29, 1.82) is 0 Å². The minimum Gasteiger partial charge on any atom is -0.381 e. The fourth-order valence-corrected chi connectivity index (χ4v) is 2.64. The molecule has 1 aromatic rings. The van der Waals surface area contributed by atoms with E-state index in [1.165, 1.54) is 0 Å². The van der Waals surface area contributed by atoms with E-state index in [-0.39, 0.29) is 5.41 Å². The Morgan fingerprint density at radius 1 is 1.37 bits per heavy atom. The first-order chi connectivity index (χ1) is 9.00. The lowest BCUT2D eigenvalue weighted by atomic mass is 9.64. The molecule has 1 aliphatic carbocycles. The Labute approximate surface area is 115 Å². The number of aromatic nitrogens is 2. The van der Waals surface area contributed by atoms with E-state index in [1.54, 1.807) is 13.4 Å². The fourth-order valence-electron chi connectivity index (χ4n) is 2.64. The van der Waals surface area contributed by atoms with Gasteiger partial charge in [0.2, 0.25) is 0 Å². The van der Waals surface area contributed by atoms with Crippen LogP contribution < -0.4 is 10.6 Å². The van der Waals surface area contributed by atoms with Gasteiger partial charge in [-0.05, 0) is 20.3 Å². The van der Waals surface area contributed by atoms with E-state index in [0.717, 1.165) is 30.2 Å². The van der Waals surface area contributed by atoms with Gasteiger partial charge in [0.1, 0.15) is 18.0 Å². The molecule has 19 heavy (non-hydrogen) atoms. The third kappa shape index (κ3) is 2.52. The van der Waals surface area contributed by atoms with Gasteiger partial charge in [-0.2, -0.15) is 0 Å². The molecule has 1 aliphatic rings. The van der Waals surface area contributed by atoms with Crippen LogP contribution in [0.3, 0.4) is 0 Å². The van der Waals surface area contributed by atoms with Gasteiger partial charge in [0.05, 0.1) is 6.10 Å². The molecule has 2 N–H and O–H groups in total. The largest absolute Gasteiger partial charge is 0.381 e. The predicted octanol–water partition coefficient (Wildman–Crippen LogP) is 2.44. The highest BCUT2D eigenvalue weighted by atomic mass is 16.5. The lowest BCUT2D eigenvalue weighted by Gasteiger charge is -2.51. The number of rotatable bonds is 5. The number of hydrogen-bond acceptors (Lipinski definition) is 5. The van der Waals surface area contributed by atoms with Crippen molar-refractivity contribution >= 4 is 11.6 Å². The topological polar surface area (TPSA) is 59.1 Å². The summed E-state index contributed by atoms with van der Waals surface area (Å²) in [6, 6.07) is 0.389. The van der Waals surface area contributed by atoms with Crippen molar-refractivity contribution in [1.82, 2.24) is 9.97 Å². The second-order valence-electron chi connectivity index (χ2n) is 5.70. The minimum absolute atomic E-state index is 0.129. The molecular formula is C14H24N4O. The monoisotopic (exact) mass is 264 g/mol. The van der Waals surface area contributed by atoms with Crippen LogP contribution >= 0.6 is 0 Å². The van der Waals surface area contributed by atoms with Crippen molar-refractivity contribution in [2.45, 2.75) is 46.3 Å². The van der Waals surface area contributed by atoms with Gasteiger partial charge in [0, 0.05) is 30.7 Å². The van der Waals surface area contributed by atoms with Crippen LogP contribution in [0.5, 0.6) is 0 Å². The molecule has 2 rings (SSSR count). The van der Waals surface area contributed by atoms with E-state index in [1.807, 2.05) is 6.92 Å². The van der Waals surface area contributed by atoms with Crippen molar-refractivity contribution in [2.75, 3.05) is 24.3 Å². The maximum atomic E-state index is 5.48. The Kier molecular flexibility index (Phi) is 3.94. The third-order valence-corrected chi connectivity index (χ3v) is 4.20. The van der Waals surface area contributed by atoms with Gasteiger partial charge < -0.3 is 15.4 Å². The molecule has 1 heterocycles. The molecule has 1 fully saturated rings. The van der Waals surface area contributed by atoms with Gasteiger partial charge in [0.15, 0.2) is 0 Å². The molecular weight excluding hydrogens is 240 g/mol. The molecule has 0 amide bonds. The molecule has 0 saturated heterocycles. The number of methoxy groups -OCH3 is 1. The van der Waals surface area contributed by atoms with Crippen LogP contribution in [0, 0.1) is 12.3 Å². The molecule has 0 aromatic carbocycles. The number of nitrogens with zero attached hydrogens (tertiary/aromatic N) is 2. The van der Waals surface area contributed by atoms with Gasteiger partial charge in [-0.3, -0.25) is 0 Å². The lowest BCUT2D eigenvalue weighted by molar-refractivity contribution is -0.0795. The fraction of sp³-hybridized carbons (Fsp3) is 0.714. The molecule has 0 aliphatic heterocycles. The zero-order valence-electron chi connectivity index (χ0n) is 12.4. The van der Waals surface area contributed by atoms with Gasteiger partial charge in [-0.15, -0.1) is 0 Å².